The van der Waals surface area contributed by atoms with Gasteiger partial charge in [0.05, 0.1) is 12.8 Å². The van der Waals surface area contributed by atoms with Crippen molar-refractivity contribution in [2.45, 2.75) is 13.8 Å². The van der Waals surface area contributed by atoms with Crippen LogP contribution in [0.15, 0.2) is 18.2 Å². The number of piperazine rings is 1. The van der Waals surface area contributed by atoms with Crippen molar-refractivity contribution in [3.05, 3.63) is 34.9 Å². The zero-order valence-electron chi connectivity index (χ0n) is 12.8. The van der Waals surface area contributed by atoms with E-state index in [9.17, 15) is 13.2 Å². The van der Waals surface area contributed by atoms with Crippen LogP contribution in [0.2, 0.25) is 0 Å². The Bertz CT molecular complexity index is 632. The number of hydrogen-bond acceptors (Lipinski definition) is 4. The van der Waals surface area contributed by atoms with Gasteiger partial charge in [-0.15, -0.1) is 0 Å². The molecular weight excluding hydrogens is 288 g/mol. The van der Waals surface area contributed by atoms with E-state index in [2.05, 4.69) is 0 Å². The topological polar surface area (TPSA) is 57.7 Å². The van der Waals surface area contributed by atoms with Crippen LogP contribution in [0.3, 0.4) is 0 Å². The zero-order chi connectivity index (χ0) is 15.6. The molecule has 1 aromatic carbocycles. The van der Waals surface area contributed by atoms with Crippen molar-refractivity contribution in [3.8, 4) is 0 Å². The first-order chi connectivity index (χ1) is 9.77. The standard InChI is InChI=1S/C15H22N2O3S/c1-12-4-5-14(10-13(12)2)15(18)11-16-6-8-17(9-7-16)21(3,19)20/h4-5,10H,6-9,11H2,1-3H3. The molecular formula is C15H22N2O3S. The van der Waals surface area contributed by atoms with E-state index < -0.39 is 10.0 Å². The SMILES string of the molecule is Cc1ccc(C(=O)CN2CCN(S(C)(=O)=O)CC2)cc1C. The van der Waals surface area contributed by atoms with Crippen LogP contribution in [0.4, 0.5) is 0 Å². The predicted molar refractivity (Wildman–Crippen MR) is 83.1 cm³/mol. The van der Waals surface area contributed by atoms with Gasteiger partial charge in [0.15, 0.2) is 5.78 Å². The van der Waals surface area contributed by atoms with Crippen LogP contribution in [0.25, 0.3) is 0 Å². The van der Waals surface area contributed by atoms with Crippen LogP contribution in [0.1, 0.15) is 21.5 Å². The van der Waals surface area contributed by atoms with E-state index in [-0.39, 0.29) is 5.78 Å². The molecule has 1 saturated heterocycles. The number of hydrogen-bond donors (Lipinski definition) is 0. The van der Waals surface area contributed by atoms with Gasteiger partial charge in [-0.25, -0.2) is 8.42 Å². The molecule has 1 aliphatic heterocycles. The van der Waals surface area contributed by atoms with E-state index in [0.717, 1.165) is 11.1 Å². The Balaban J connectivity index is 1.94. The highest BCUT2D eigenvalue weighted by Crippen LogP contribution is 2.12. The highest BCUT2D eigenvalue weighted by Gasteiger charge is 2.24. The van der Waals surface area contributed by atoms with Crippen molar-refractivity contribution in [2.75, 3.05) is 39.0 Å². The Morgan fingerprint density at radius 3 is 2.24 bits per heavy atom. The monoisotopic (exact) mass is 310 g/mol. The molecule has 0 aliphatic carbocycles. The lowest BCUT2D eigenvalue weighted by atomic mass is 10.0. The van der Waals surface area contributed by atoms with Gasteiger partial charge >= 0.3 is 0 Å². The summed E-state index contributed by atoms with van der Waals surface area (Å²) in [5.74, 6) is 0.0888. The molecule has 0 amide bonds. The average molecular weight is 310 g/mol. The third kappa shape index (κ3) is 4.12. The van der Waals surface area contributed by atoms with Crippen molar-refractivity contribution in [3.63, 3.8) is 0 Å². The predicted octanol–water partition coefficient (Wildman–Crippen LogP) is 1.06. The second kappa shape index (κ2) is 6.25. The third-order valence-electron chi connectivity index (χ3n) is 4.00. The molecule has 5 nitrogen and oxygen atoms in total. The van der Waals surface area contributed by atoms with Crippen molar-refractivity contribution >= 4 is 15.8 Å². The normalized spacial score (nSPS) is 17.9. The molecule has 0 N–H and O–H groups in total. The van der Waals surface area contributed by atoms with E-state index in [1.807, 2.05) is 36.9 Å². The number of carbonyl (C=O) groups is 1. The first-order valence-corrected chi connectivity index (χ1v) is 8.90. The molecule has 116 valence electrons. The first-order valence-electron chi connectivity index (χ1n) is 7.05. The van der Waals surface area contributed by atoms with Gasteiger partial charge < -0.3 is 0 Å². The molecule has 0 aromatic heterocycles. The van der Waals surface area contributed by atoms with Crippen molar-refractivity contribution < 1.29 is 13.2 Å². The number of aryl methyl sites for hydroxylation is 2. The highest BCUT2D eigenvalue weighted by atomic mass is 32.2. The minimum atomic E-state index is -3.12. The van der Waals surface area contributed by atoms with Gasteiger partial charge in [-0.05, 0) is 31.0 Å². The van der Waals surface area contributed by atoms with Crippen LogP contribution in [-0.4, -0.2) is 62.4 Å². The Hall–Kier alpha value is -1.24. The van der Waals surface area contributed by atoms with Gasteiger partial charge in [-0.2, -0.15) is 4.31 Å². The van der Waals surface area contributed by atoms with Gasteiger partial charge in [-0.1, -0.05) is 12.1 Å². The fourth-order valence-corrected chi connectivity index (χ4v) is 3.26. The molecule has 0 atom stereocenters. The summed E-state index contributed by atoms with van der Waals surface area (Å²) in [5.41, 5.74) is 3.01. The number of carbonyl (C=O) groups excluding carboxylic acids is 1. The summed E-state index contributed by atoms with van der Waals surface area (Å²) >= 11 is 0. The Morgan fingerprint density at radius 2 is 1.71 bits per heavy atom. The minimum absolute atomic E-state index is 0.0888. The van der Waals surface area contributed by atoms with Crippen molar-refractivity contribution in [1.29, 1.82) is 0 Å². The van der Waals surface area contributed by atoms with E-state index in [4.69, 9.17) is 0 Å². The molecule has 2 rings (SSSR count). The summed E-state index contributed by atoms with van der Waals surface area (Å²) in [6.45, 7) is 6.48. The van der Waals surface area contributed by atoms with Crippen LogP contribution < -0.4 is 0 Å². The summed E-state index contributed by atoms with van der Waals surface area (Å²) in [7, 11) is -3.12. The van der Waals surface area contributed by atoms with Crippen LogP contribution >= 0.6 is 0 Å². The van der Waals surface area contributed by atoms with Gasteiger partial charge in [0, 0.05) is 31.7 Å². The van der Waals surface area contributed by atoms with Gasteiger partial charge in [0.1, 0.15) is 0 Å². The summed E-state index contributed by atoms with van der Waals surface area (Å²) in [6, 6.07) is 5.74. The minimum Gasteiger partial charge on any atom is -0.293 e. The first kappa shape index (κ1) is 16.1. The Kier molecular flexibility index (Phi) is 4.81. The van der Waals surface area contributed by atoms with Crippen molar-refractivity contribution in [1.82, 2.24) is 9.21 Å². The van der Waals surface area contributed by atoms with E-state index in [1.165, 1.54) is 16.1 Å². The van der Waals surface area contributed by atoms with Crippen LogP contribution in [0.5, 0.6) is 0 Å². The molecule has 0 bridgehead atoms. The molecule has 1 aromatic rings. The second-order valence-corrected chi connectivity index (χ2v) is 7.64. The summed E-state index contributed by atoms with van der Waals surface area (Å²) in [5, 5.41) is 0. The average Bonchev–Trinajstić information content (AvgIpc) is 2.41. The number of sulfonamides is 1. The van der Waals surface area contributed by atoms with E-state index in [0.29, 0.717) is 32.7 Å². The van der Waals surface area contributed by atoms with Crippen molar-refractivity contribution in [2.24, 2.45) is 0 Å². The van der Waals surface area contributed by atoms with E-state index >= 15 is 0 Å². The lowest BCUT2D eigenvalue weighted by Crippen LogP contribution is -2.49. The lowest BCUT2D eigenvalue weighted by molar-refractivity contribution is 0.0902. The molecule has 1 aliphatic rings. The summed E-state index contributed by atoms with van der Waals surface area (Å²) < 4.78 is 24.4. The molecule has 0 saturated carbocycles. The molecule has 6 heteroatoms. The molecule has 0 unspecified atom stereocenters. The molecule has 1 heterocycles. The fourth-order valence-electron chi connectivity index (χ4n) is 2.43. The fraction of sp³-hybridized carbons (Fsp3) is 0.533. The lowest BCUT2D eigenvalue weighted by Gasteiger charge is -2.32. The number of benzene rings is 1. The number of Topliss-reactive ketones (excluding diaryl/α,β-unsaturated/α-hetero) is 1. The number of rotatable bonds is 4. The van der Waals surface area contributed by atoms with E-state index in [1.54, 1.807) is 0 Å². The van der Waals surface area contributed by atoms with Crippen LogP contribution in [0, 0.1) is 13.8 Å². The van der Waals surface area contributed by atoms with Crippen LogP contribution in [-0.2, 0) is 10.0 Å². The van der Waals surface area contributed by atoms with Gasteiger partial charge in [0.25, 0.3) is 0 Å². The quantitative estimate of drug-likeness (QED) is 0.781. The number of ketones is 1. The molecule has 0 radical (unpaired) electrons. The second-order valence-electron chi connectivity index (χ2n) is 5.66. The summed E-state index contributed by atoms with van der Waals surface area (Å²) in [4.78, 5) is 14.3. The smallest absolute Gasteiger partial charge is 0.211 e. The zero-order valence-corrected chi connectivity index (χ0v) is 13.6. The van der Waals surface area contributed by atoms with Gasteiger partial charge in [0.2, 0.25) is 10.0 Å². The maximum atomic E-state index is 12.3. The maximum absolute atomic E-state index is 12.3. The number of nitrogens with zero attached hydrogens (tertiary/aromatic N) is 2. The molecule has 0 spiro atoms. The Morgan fingerprint density at radius 1 is 1.10 bits per heavy atom. The van der Waals surface area contributed by atoms with Gasteiger partial charge in [-0.3, -0.25) is 9.69 Å². The molecule has 1 fully saturated rings. The largest absolute Gasteiger partial charge is 0.293 e. The Labute approximate surface area is 126 Å². The summed E-state index contributed by atoms with van der Waals surface area (Å²) in [6.07, 6.45) is 1.23. The maximum Gasteiger partial charge on any atom is 0.211 e. The highest BCUT2D eigenvalue weighted by molar-refractivity contribution is 7.88. The molecule has 21 heavy (non-hydrogen) atoms. The third-order valence-corrected chi connectivity index (χ3v) is 5.30.